The maximum Gasteiger partial charge on any atom is 0.243 e. The number of sulfonamides is 1. The molecule has 0 aliphatic carbocycles. The van der Waals surface area contributed by atoms with Crippen molar-refractivity contribution in [2.75, 3.05) is 42.9 Å². The number of hydrogen-bond donors (Lipinski definition) is 1. The Balaban J connectivity index is 1.41. The van der Waals surface area contributed by atoms with Gasteiger partial charge in [-0.05, 0) is 72.1 Å². The van der Waals surface area contributed by atoms with E-state index in [2.05, 4.69) is 10.2 Å². The topological polar surface area (TPSA) is 90.0 Å². The fraction of sp³-hybridized carbons (Fsp3) is 0.333. The fourth-order valence-electron chi connectivity index (χ4n) is 4.58. The van der Waals surface area contributed by atoms with Crippen molar-refractivity contribution in [3.8, 4) is 0 Å². The van der Waals surface area contributed by atoms with Gasteiger partial charge in [-0.2, -0.15) is 4.31 Å². The van der Waals surface area contributed by atoms with E-state index in [1.807, 2.05) is 30.9 Å². The molecule has 1 heterocycles. The lowest BCUT2D eigenvalue weighted by Gasteiger charge is -2.36. The van der Waals surface area contributed by atoms with E-state index >= 15 is 0 Å². The van der Waals surface area contributed by atoms with Gasteiger partial charge in [-0.25, -0.2) is 12.8 Å². The van der Waals surface area contributed by atoms with Crippen LogP contribution in [0.4, 0.5) is 15.8 Å². The Morgan fingerprint density at radius 2 is 1.54 bits per heavy atom. The van der Waals surface area contributed by atoms with Crippen LogP contribution in [0.25, 0.3) is 0 Å². The number of nitrogens with zero attached hydrogens (tertiary/aromatic N) is 3. The molecule has 8 nitrogen and oxygen atoms in total. The van der Waals surface area contributed by atoms with Crippen molar-refractivity contribution in [3.05, 3.63) is 89.2 Å². The standard InChI is InChI=1S/C30H34ClFN4O4S/c1-22(2)19-30(38)35-17-15-34(16-18-35)27-11-9-26(10-12-27)33-29(37)21-36(20-23-3-7-25(32)8-4-23)41(39,40)28-13-5-24(31)6-14-28/h3-14,22H,15-21H2,1-2H3,(H,33,37). The normalized spacial score (nSPS) is 14.0. The van der Waals surface area contributed by atoms with Gasteiger partial charge in [0.1, 0.15) is 5.82 Å². The third-order valence-corrected chi connectivity index (χ3v) is 8.83. The van der Waals surface area contributed by atoms with Gasteiger partial charge in [-0.1, -0.05) is 37.6 Å². The molecule has 0 bridgehead atoms. The van der Waals surface area contributed by atoms with Crippen LogP contribution in [0.1, 0.15) is 25.8 Å². The smallest absolute Gasteiger partial charge is 0.243 e. The van der Waals surface area contributed by atoms with E-state index in [0.717, 1.165) is 23.1 Å². The molecule has 1 N–H and O–H groups in total. The summed E-state index contributed by atoms with van der Waals surface area (Å²) in [6.45, 7) is 6.27. The van der Waals surface area contributed by atoms with Crippen molar-refractivity contribution in [1.82, 2.24) is 9.21 Å². The maximum atomic E-state index is 13.4. The summed E-state index contributed by atoms with van der Waals surface area (Å²) in [4.78, 5) is 29.5. The minimum Gasteiger partial charge on any atom is -0.368 e. The summed E-state index contributed by atoms with van der Waals surface area (Å²) in [5.41, 5.74) is 2.03. The summed E-state index contributed by atoms with van der Waals surface area (Å²) >= 11 is 5.93. The van der Waals surface area contributed by atoms with Crippen LogP contribution in [0, 0.1) is 11.7 Å². The number of carbonyl (C=O) groups excluding carboxylic acids is 2. The van der Waals surface area contributed by atoms with Gasteiger partial charge in [0.15, 0.2) is 0 Å². The second kappa shape index (κ2) is 13.5. The SMILES string of the molecule is CC(C)CC(=O)N1CCN(c2ccc(NC(=O)CN(Cc3ccc(F)cc3)S(=O)(=O)c3ccc(Cl)cc3)cc2)CC1. The van der Waals surface area contributed by atoms with Gasteiger partial charge in [0.25, 0.3) is 0 Å². The maximum absolute atomic E-state index is 13.4. The third kappa shape index (κ3) is 8.28. The quantitative estimate of drug-likeness (QED) is 0.354. The van der Waals surface area contributed by atoms with E-state index in [0.29, 0.717) is 41.7 Å². The number of nitrogens with one attached hydrogen (secondary N) is 1. The number of anilines is 2. The highest BCUT2D eigenvalue weighted by molar-refractivity contribution is 7.89. The van der Waals surface area contributed by atoms with Crippen LogP contribution < -0.4 is 10.2 Å². The van der Waals surface area contributed by atoms with Crippen LogP contribution >= 0.6 is 11.6 Å². The van der Waals surface area contributed by atoms with Gasteiger partial charge in [0, 0.05) is 55.5 Å². The zero-order valence-electron chi connectivity index (χ0n) is 23.1. The molecule has 218 valence electrons. The third-order valence-electron chi connectivity index (χ3n) is 6.78. The van der Waals surface area contributed by atoms with Crippen molar-refractivity contribution in [2.24, 2.45) is 5.92 Å². The van der Waals surface area contributed by atoms with Crippen molar-refractivity contribution < 1.29 is 22.4 Å². The molecular weight excluding hydrogens is 567 g/mol. The molecule has 1 fully saturated rings. The van der Waals surface area contributed by atoms with Crippen molar-refractivity contribution in [2.45, 2.75) is 31.7 Å². The summed E-state index contributed by atoms with van der Waals surface area (Å²) in [6, 6.07) is 18.5. The van der Waals surface area contributed by atoms with Crippen LogP contribution in [0.3, 0.4) is 0 Å². The second-order valence-corrected chi connectivity index (χ2v) is 12.8. The highest BCUT2D eigenvalue weighted by atomic mass is 35.5. The van der Waals surface area contributed by atoms with Gasteiger partial charge < -0.3 is 15.1 Å². The molecule has 11 heteroatoms. The highest BCUT2D eigenvalue weighted by Crippen LogP contribution is 2.23. The van der Waals surface area contributed by atoms with E-state index in [9.17, 15) is 22.4 Å². The number of amides is 2. The molecule has 4 rings (SSSR count). The van der Waals surface area contributed by atoms with Gasteiger partial charge in [-0.3, -0.25) is 9.59 Å². The largest absolute Gasteiger partial charge is 0.368 e. The van der Waals surface area contributed by atoms with Crippen LogP contribution in [-0.4, -0.2) is 62.2 Å². The molecule has 0 spiro atoms. The van der Waals surface area contributed by atoms with E-state index in [1.54, 1.807) is 12.1 Å². The highest BCUT2D eigenvalue weighted by Gasteiger charge is 2.27. The Bertz CT molecular complexity index is 1440. The molecule has 0 atom stereocenters. The molecule has 41 heavy (non-hydrogen) atoms. The summed E-state index contributed by atoms with van der Waals surface area (Å²) < 4.78 is 41.4. The molecule has 0 radical (unpaired) electrons. The van der Waals surface area contributed by atoms with Crippen LogP contribution in [0.5, 0.6) is 0 Å². The zero-order chi connectivity index (χ0) is 29.6. The number of carbonyl (C=O) groups is 2. The molecule has 1 saturated heterocycles. The minimum atomic E-state index is -4.07. The first-order valence-corrected chi connectivity index (χ1v) is 15.3. The monoisotopic (exact) mass is 600 g/mol. The van der Waals surface area contributed by atoms with E-state index in [1.165, 1.54) is 48.5 Å². The average molecular weight is 601 g/mol. The lowest BCUT2D eigenvalue weighted by molar-refractivity contribution is -0.132. The van der Waals surface area contributed by atoms with Crippen molar-refractivity contribution in [3.63, 3.8) is 0 Å². The van der Waals surface area contributed by atoms with Gasteiger partial charge in [0.05, 0.1) is 11.4 Å². The van der Waals surface area contributed by atoms with E-state index < -0.39 is 28.3 Å². The average Bonchev–Trinajstić information content (AvgIpc) is 2.94. The Morgan fingerprint density at radius 1 is 0.927 bits per heavy atom. The fourth-order valence-corrected chi connectivity index (χ4v) is 6.09. The predicted molar refractivity (Wildman–Crippen MR) is 159 cm³/mol. The lowest BCUT2D eigenvalue weighted by Crippen LogP contribution is -2.49. The molecular formula is C30H34ClFN4O4S. The van der Waals surface area contributed by atoms with E-state index in [-0.39, 0.29) is 17.3 Å². The molecule has 0 unspecified atom stereocenters. The summed E-state index contributed by atoms with van der Waals surface area (Å²) in [5, 5.41) is 3.16. The van der Waals surface area contributed by atoms with Gasteiger partial charge in [-0.15, -0.1) is 0 Å². The number of benzene rings is 3. The Kier molecular flexibility index (Phi) is 10.0. The second-order valence-electron chi connectivity index (χ2n) is 10.4. The Morgan fingerprint density at radius 3 is 2.12 bits per heavy atom. The molecule has 1 aliphatic heterocycles. The first-order valence-electron chi connectivity index (χ1n) is 13.4. The summed E-state index contributed by atoms with van der Waals surface area (Å²) in [6.07, 6.45) is 0.552. The minimum absolute atomic E-state index is 0.00725. The van der Waals surface area contributed by atoms with E-state index in [4.69, 9.17) is 11.6 Å². The van der Waals surface area contributed by atoms with Gasteiger partial charge >= 0.3 is 0 Å². The summed E-state index contributed by atoms with van der Waals surface area (Å²) in [7, 11) is -4.07. The molecule has 3 aromatic rings. The first kappa shape index (κ1) is 30.5. The Hall–Kier alpha value is -3.47. The zero-order valence-corrected chi connectivity index (χ0v) is 24.7. The summed E-state index contributed by atoms with van der Waals surface area (Å²) in [5.74, 6) is -0.446. The molecule has 0 aromatic heterocycles. The van der Waals surface area contributed by atoms with Crippen LogP contribution in [0.2, 0.25) is 5.02 Å². The molecule has 1 aliphatic rings. The molecule has 3 aromatic carbocycles. The lowest BCUT2D eigenvalue weighted by atomic mass is 10.1. The number of hydrogen-bond acceptors (Lipinski definition) is 5. The molecule has 0 saturated carbocycles. The number of rotatable bonds is 10. The molecule has 2 amide bonds. The van der Waals surface area contributed by atoms with Crippen LogP contribution in [0.15, 0.2) is 77.7 Å². The van der Waals surface area contributed by atoms with Gasteiger partial charge in [0.2, 0.25) is 21.8 Å². The number of halogens is 2. The van der Waals surface area contributed by atoms with Crippen molar-refractivity contribution >= 4 is 44.8 Å². The van der Waals surface area contributed by atoms with Crippen molar-refractivity contribution in [1.29, 1.82) is 0 Å². The predicted octanol–water partition coefficient (Wildman–Crippen LogP) is 5.00. The first-order chi connectivity index (χ1) is 19.5. The Labute approximate surface area is 245 Å². The number of piperazine rings is 1. The van der Waals surface area contributed by atoms with Crippen LogP contribution in [-0.2, 0) is 26.2 Å².